The molecule has 0 aliphatic heterocycles. The molecule has 4 nitrogen and oxygen atoms in total. The molecule has 0 saturated heterocycles. The summed E-state index contributed by atoms with van der Waals surface area (Å²) in [6.07, 6.45) is 3.86. The summed E-state index contributed by atoms with van der Waals surface area (Å²) < 4.78 is 2.11. The molecular formula is C20H14N2O2. The van der Waals surface area contributed by atoms with Crippen molar-refractivity contribution >= 4 is 39.8 Å². The molecule has 4 aromatic rings. The highest BCUT2D eigenvalue weighted by Gasteiger charge is 2.08. The van der Waals surface area contributed by atoms with E-state index >= 15 is 0 Å². The molecule has 1 heterocycles. The van der Waals surface area contributed by atoms with Gasteiger partial charge in [0.1, 0.15) is 0 Å². The van der Waals surface area contributed by atoms with Crippen molar-refractivity contribution in [1.29, 1.82) is 0 Å². The van der Waals surface area contributed by atoms with Gasteiger partial charge in [-0.2, -0.15) is 0 Å². The van der Waals surface area contributed by atoms with Crippen molar-refractivity contribution in [2.24, 2.45) is 0 Å². The Hall–Kier alpha value is -3.40. The normalized spacial score (nSPS) is 11.5. The monoisotopic (exact) mass is 314 g/mol. The van der Waals surface area contributed by atoms with Gasteiger partial charge in [0.25, 0.3) is 5.69 Å². The lowest BCUT2D eigenvalue weighted by molar-refractivity contribution is -0.384. The highest BCUT2D eigenvalue weighted by Crippen LogP contribution is 2.29. The fourth-order valence-corrected chi connectivity index (χ4v) is 3.02. The van der Waals surface area contributed by atoms with Crippen molar-refractivity contribution in [2.75, 3.05) is 0 Å². The van der Waals surface area contributed by atoms with E-state index in [1.165, 1.54) is 16.8 Å². The van der Waals surface area contributed by atoms with Gasteiger partial charge in [-0.1, -0.05) is 48.5 Å². The van der Waals surface area contributed by atoms with Crippen molar-refractivity contribution < 1.29 is 4.92 Å². The number of fused-ring (bicyclic) bond motifs is 3. The molecule has 0 unspecified atom stereocenters. The first-order valence-corrected chi connectivity index (χ1v) is 7.64. The van der Waals surface area contributed by atoms with Crippen LogP contribution >= 0.6 is 0 Å². The molecule has 0 aliphatic rings. The quantitative estimate of drug-likeness (QED) is 0.379. The second kappa shape index (κ2) is 5.66. The Morgan fingerprint density at radius 1 is 0.833 bits per heavy atom. The molecule has 0 saturated carbocycles. The Morgan fingerprint density at radius 2 is 1.46 bits per heavy atom. The van der Waals surface area contributed by atoms with Crippen molar-refractivity contribution in [2.45, 2.75) is 0 Å². The van der Waals surface area contributed by atoms with Crippen LogP contribution in [0.4, 0.5) is 5.69 Å². The van der Waals surface area contributed by atoms with Gasteiger partial charge < -0.3 is 4.57 Å². The van der Waals surface area contributed by atoms with Crippen LogP contribution in [0.1, 0.15) is 5.56 Å². The summed E-state index contributed by atoms with van der Waals surface area (Å²) in [7, 11) is 0. The summed E-state index contributed by atoms with van der Waals surface area (Å²) in [5, 5.41) is 13.3. The zero-order valence-corrected chi connectivity index (χ0v) is 12.8. The van der Waals surface area contributed by atoms with Gasteiger partial charge in [-0.3, -0.25) is 10.1 Å². The number of benzene rings is 3. The summed E-state index contributed by atoms with van der Waals surface area (Å²) in [5.41, 5.74) is 3.12. The molecule has 0 radical (unpaired) electrons. The fourth-order valence-electron chi connectivity index (χ4n) is 3.02. The molecule has 1 aromatic heterocycles. The van der Waals surface area contributed by atoms with Crippen LogP contribution < -0.4 is 0 Å². The van der Waals surface area contributed by atoms with E-state index in [1.807, 2.05) is 42.6 Å². The third-order valence-corrected chi connectivity index (χ3v) is 4.11. The molecule has 0 spiro atoms. The third-order valence-electron chi connectivity index (χ3n) is 4.11. The predicted molar refractivity (Wildman–Crippen MR) is 97.8 cm³/mol. The summed E-state index contributed by atoms with van der Waals surface area (Å²) in [5.74, 6) is 0. The number of hydrogen-bond acceptors (Lipinski definition) is 2. The fraction of sp³-hybridized carbons (Fsp3) is 0. The van der Waals surface area contributed by atoms with E-state index in [0.717, 1.165) is 16.6 Å². The minimum atomic E-state index is -0.377. The third kappa shape index (κ3) is 2.34. The lowest BCUT2D eigenvalue weighted by atomic mass is 10.2. The lowest BCUT2D eigenvalue weighted by Crippen LogP contribution is -1.88. The number of nitro groups is 1. The molecule has 4 heteroatoms. The first-order chi connectivity index (χ1) is 11.7. The van der Waals surface area contributed by atoms with Gasteiger partial charge in [-0.15, -0.1) is 0 Å². The maximum atomic E-state index is 10.9. The predicted octanol–water partition coefficient (Wildman–Crippen LogP) is 5.33. The van der Waals surface area contributed by atoms with Gasteiger partial charge in [-0.05, 0) is 23.8 Å². The van der Waals surface area contributed by atoms with E-state index < -0.39 is 0 Å². The second-order valence-electron chi connectivity index (χ2n) is 5.57. The Balaban J connectivity index is 1.87. The van der Waals surface area contributed by atoms with Crippen molar-refractivity contribution in [3.05, 3.63) is 88.5 Å². The Bertz CT molecular complexity index is 1040. The minimum absolute atomic E-state index is 0.0966. The molecule has 0 fully saturated rings. The number of non-ortho nitro benzene ring substituents is 1. The average molecular weight is 314 g/mol. The molecule has 0 atom stereocenters. The molecule has 0 bridgehead atoms. The molecule has 0 aliphatic carbocycles. The molecule has 4 rings (SSSR count). The topological polar surface area (TPSA) is 48.1 Å². The summed E-state index contributed by atoms with van der Waals surface area (Å²) in [4.78, 5) is 10.5. The summed E-state index contributed by atoms with van der Waals surface area (Å²) in [6, 6.07) is 23.1. The number of nitro benzene ring substituents is 1. The van der Waals surface area contributed by atoms with Crippen LogP contribution in [0, 0.1) is 10.1 Å². The number of aromatic nitrogens is 1. The Kier molecular flexibility index (Phi) is 3.35. The first kappa shape index (κ1) is 14.2. The summed E-state index contributed by atoms with van der Waals surface area (Å²) >= 11 is 0. The van der Waals surface area contributed by atoms with Crippen molar-refractivity contribution in [1.82, 2.24) is 4.57 Å². The van der Waals surface area contributed by atoms with Crippen LogP contribution in [0.15, 0.2) is 72.8 Å². The van der Waals surface area contributed by atoms with Gasteiger partial charge in [-0.25, -0.2) is 0 Å². The van der Waals surface area contributed by atoms with Gasteiger partial charge in [0.05, 0.1) is 16.0 Å². The lowest BCUT2D eigenvalue weighted by Gasteiger charge is -2.00. The second-order valence-corrected chi connectivity index (χ2v) is 5.57. The van der Waals surface area contributed by atoms with E-state index in [9.17, 15) is 10.1 Å². The van der Waals surface area contributed by atoms with Crippen LogP contribution in [0.3, 0.4) is 0 Å². The summed E-state index contributed by atoms with van der Waals surface area (Å²) in [6.45, 7) is 0. The smallest absolute Gasteiger partial charge is 0.270 e. The zero-order valence-electron chi connectivity index (χ0n) is 12.8. The molecule has 24 heavy (non-hydrogen) atoms. The number of para-hydroxylation sites is 2. The van der Waals surface area contributed by atoms with Crippen LogP contribution in [-0.2, 0) is 0 Å². The van der Waals surface area contributed by atoms with Crippen molar-refractivity contribution in [3.63, 3.8) is 0 Å². The Labute approximate surface area is 138 Å². The SMILES string of the molecule is O=[N+]([O-])c1cccc(/C=C/n2c3ccccc3c3ccccc32)c1. The maximum absolute atomic E-state index is 10.9. The van der Waals surface area contributed by atoms with Crippen LogP contribution in [-0.4, -0.2) is 9.49 Å². The highest BCUT2D eigenvalue weighted by atomic mass is 16.6. The highest BCUT2D eigenvalue weighted by molar-refractivity contribution is 6.09. The largest absolute Gasteiger partial charge is 0.316 e. The number of hydrogen-bond donors (Lipinski definition) is 0. The molecular weight excluding hydrogens is 300 g/mol. The van der Waals surface area contributed by atoms with E-state index in [0.29, 0.717) is 0 Å². The van der Waals surface area contributed by atoms with Gasteiger partial charge in [0.2, 0.25) is 0 Å². The van der Waals surface area contributed by atoms with Gasteiger partial charge >= 0.3 is 0 Å². The molecule has 116 valence electrons. The average Bonchev–Trinajstić information content (AvgIpc) is 2.94. The van der Waals surface area contributed by atoms with E-state index in [2.05, 4.69) is 28.8 Å². The van der Waals surface area contributed by atoms with Gasteiger partial charge in [0, 0.05) is 29.1 Å². The van der Waals surface area contributed by atoms with E-state index in [-0.39, 0.29) is 10.6 Å². The first-order valence-electron chi connectivity index (χ1n) is 7.64. The zero-order chi connectivity index (χ0) is 16.5. The van der Waals surface area contributed by atoms with Crippen molar-refractivity contribution in [3.8, 4) is 0 Å². The number of rotatable bonds is 3. The van der Waals surface area contributed by atoms with E-state index in [4.69, 9.17) is 0 Å². The van der Waals surface area contributed by atoms with Gasteiger partial charge in [0.15, 0.2) is 0 Å². The van der Waals surface area contributed by atoms with Crippen LogP contribution in [0.2, 0.25) is 0 Å². The Morgan fingerprint density at radius 3 is 2.08 bits per heavy atom. The maximum Gasteiger partial charge on any atom is 0.270 e. The molecule has 0 amide bonds. The standard InChI is InChI=1S/C20H14N2O2/c23-22(24)16-7-5-6-15(14-16)12-13-21-19-10-3-1-8-17(19)18-9-2-4-11-20(18)21/h1-14H/b13-12+. The molecule has 0 N–H and O–H groups in total. The van der Waals surface area contributed by atoms with Crippen LogP contribution in [0.25, 0.3) is 34.1 Å². The number of nitrogens with zero attached hydrogens (tertiary/aromatic N) is 2. The van der Waals surface area contributed by atoms with Crippen LogP contribution in [0.5, 0.6) is 0 Å². The van der Waals surface area contributed by atoms with E-state index in [1.54, 1.807) is 12.1 Å². The minimum Gasteiger partial charge on any atom is -0.316 e. The molecule has 3 aromatic carbocycles.